The van der Waals surface area contributed by atoms with Crippen molar-refractivity contribution in [3.8, 4) is 5.69 Å². The molecule has 20 heavy (non-hydrogen) atoms. The van der Waals surface area contributed by atoms with Crippen LogP contribution in [0.5, 0.6) is 0 Å². The van der Waals surface area contributed by atoms with E-state index in [4.69, 9.17) is 11.6 Å². The average molecular weight is 315 g/mol. The van der Waals surface area contributed by atoms with Gasteiger partial charge < -0.3 is 0 Å². The van der Waals surface area contributed by atoms with Gasteiger partial charge in [0.25, 0.3) is 0 Å². The Hall–Kier alpha value is -1.93. The van der Waals surface area contributed by atoms with Gasteiger partial charge in [-0.05, 0) is 19.1 Å². The molecular formula is C11H11ClN4O3S. The van der Waals surface area contributed by atoms with E-state index in [1.807, 2.05) is 0 Å². The summed E-state index contributed by atoms with van der Waals surface area (Å²) in [6, 6.07) is 6.91. The maximum atomic E-state index is 11.7. The quantitative estimate of drug-likeness (QED) is 0.909. The molecule has 0 aliphatic carbocycles. The van der Waals surface area contributed by atoms with Crippen molar-refractivity contribution in [2.75, 3.05) is 6.26 Å². The van der Waals surface area contributed by atoms with E-state index in [2.05, 4.69) is 10.1 Å². The molecule has 9 heteroatoms. The molecule has 7 nitrogen and oxygen atoms in total. The zero-order valence-corrected chi connectivity index (χ0v) is 12.2. The number of carbonyl (C=O) groups is 1. The summed E-state index contributed by atoms with van der Waals surface area (Å²) < 4.78 is 25.2. The molecule has 0 bridgehead atoms. The Morgan fingerprint density at radius 2 is 2.00 bits per heavy atom. The van der Waals surface area contributed by atoms with E-state index in [9.17, 15) is 13.2 Å². The van der Waals surface area contributed by atoms with Crippen LogP contribution in [0.3, 0.4) is 0 Å². The molecule has 2 rings (SSSR count). The number of aryl methyl sites for hydroxylation is 1. The van der Waals surface area contributed by atoms with Crippen molar-refractivity contribution in [1.82, 2.24) is 19.5 Å². The van der Waals surface area contributed by atoms with Crippen LogP contribution in [0.2, 0.25) is 5.02 Å². The van der Waals surface area contributed by atoms with Gasteiger partial charge in [0.05, 0.1) is 17.0 Å². The van der Waals surface area contributed by atoms with Crippen LogP contribution in [0.1, 0.15) is 16.4 Å². The molecule has 0 fully saturated rings. The lowest BCUT2D eigenvalue weighted by atomic mass is 10.3. The largest absolute Gasteiger partial charge is 0.304 e. The van der Waals surface area contributed by atoms with Gasteiger partial charge in [-0.25, -0.2) is 22.8 Å². The molecule has 1 aromatic heterocycles. The summed E-state index contributed by atoms with van der Waals surface area (Å²) in [7, 11) is -3.66. The second kappa shape index (κ2) is 5.22. The molecular weight excluding hydrogens is 304 g/mol. The molecule has 0 saturated heterocycles. The van der Waals surface area contributed by atoms with E-state index in [0.717, 1.165) is 6.26 Å². The topological polar surface area (TPSA) is 93.9 Å². The number of halogens is 1. The van der Waals surface area contributed by atoms with Crippen LogP contribution in [0, 0.1) is 6.92 Å². The van der Waals surface area contributed by atoms with Crippen molar-refractivity contribution >= 4 is 27.5 Å². The van der Waals surface area contributed by atoms with E-state index in [-0.39, 0.29) is 5.82 Å². The van der Waals surface area contributed by atoms with E-state index < -0.39 is 15.9 Å². The number of carbonyl (C=O) groups excluding carboxylic acids is 1. The minimum atomic E-state index is -3.66. The van der Waals surface area contributed by atoms with Crippen LogP contribution in [0.15, 0.2) is 24.3 Å². The molecule has 1 N–H and O–H groups in total. The van der Waals surface area contributed by atoms with Crippen molar-refractivity contribution < 1.29 is 13.2 Å². The first-order valence-corrected chi connectivity index (χ1v) is 7.75. The minimum absolute atomic E-state index is 0.243. The fraction of sp³-hybridized carbons (Fsp3) is 0.182. The highest BCUT2D eigenvalue weighted by atomic mass is 35.5. The number of nitrogens with zero attached hydrogens (tertiary/aromatic N) is 3. The van der Waals surface area contributed by atoms with Crippen LogP contribution >= 0.6 is 11.6 Å². The standard InChI is InChI=1S/C11H11ClN4O3S/c1-7-13-10(11(17)15-20(2,18)19)14-16(7)9-6-4-3-5-8(9)12/h3-6H,1-2H3,(H,15,17). The highest BCUT2D eigenvalue weighted by Gasteiger charge is 2.18. The van der Waals surface area contributed by atoms with Crippen molar-refractivity contribution in [2.45, 2.75) is 6.92 Å². The first-order valence-electron chi connectivity index (χ1n) is 5.48. The molecule has 0 aliphatic heterocycles. The fourth-order valence-corrected chi connectivity index (χ4v) is 2.20. The molecule has 106 valence electrons. The van der Waals surface area contributed by atoms with E-state index in [0.29, 0.717) is 16.5 Å². The maximum Gasteiger partial charge on any atom is 0.304 e. The van der Waals surface area contributed by atoms with E-state index in [1.54, 1.807) is 35.9 Å². The second-order valence-electron chi connectivity index (χ2n) is 4.05. The average Bonchev–Trinajstić information content (AvgIpc) is 2.70. The lowest BCUT2D eigenvalue weighted by Crippen LogP contribution is -2.30. The van der Waals surface area contributed by atoms with Crippen LogP contribution in [-0.4, -0.2) is 35.3 Å². The van der Waals surface area contributed by atoms with Crippen LogP contribution in [0.4, 0.5) is 0 Å². The van der Waals surface area contributed by atoms with E-state index in [1.165, 1.54) is 4.68 Å². The summed E-state index contributed by atoms with van der Waals surface area (Å²) in [6.45, 7) is 1.63. The third-order valence-electron chi connectivity index (χ3n) is 2.33. The van der Waals surface area contributed by atoms with Gasteiger partial charge in [0.1, 0.15) is 5.82 Å². The van der Waals surface area contributed by atoms with Crippen molar-refractivity contribution in [2.24, 2.45) is 0 Å². The van der Waals surface area contributed by atoms with Gasteiger partial charge in [-0.2, -0.15) is 0 Å². The Kier molecular flexibility index (Phi) is 3.78. The minimum Gasteiger partial charge on any atom is -0.264 e. The Morgan fingerprint density at radius 1 is 1.35 bits per heavy atom. The zero-order chi connectivity index (χ0) is 14.9. The fourth-order valence-electron chi connectivity index (χ4n) is 1.55. The first-order chi connectivity index (χ1) is 9.28. The van der Waals surface area contributed by atoms with Crippen LogP contribution < -0.4 is 4.72 Å². The van der Waals surface area contributed by atoms with Gasteiger partial charge in [-0.15, -0.1) is 5.10 Å². The summed E-state index contributed by atoms with van der Waals surface area (Å²) in [5.41, 5.74) is 0.553. The van der Waals surface area contributed by atoms with Crippen molar-refractivity contribution in [1.29, 1.82) is 0 Å². The van der Waals surface area contributed by atoms with Crippen molar-refractivity contribution in [3.05, 3.63) is 40.9 Å². The summed E-state index contributed by atoms with van der Waals surface area (Å²) in [4.78, 5) is 15.6. The molecule has 0 unspecified atom stereocenters. The molecule has 2 aromatic rings. The molecule has 1 heterocycles. The smallest absolute Gasteiger partial charge is 0.264 e. The Labute approximate surface area is 120 Å². The molecule has 0 atom stereocenters. The maximum absolute atomic E-state index is 11.7. The summed E-state index contributed by atoms with van der Waals surface area (Å²) >= 11 is 6.04. The van der Waals surface area contributed by atoms with Gasteiger partial charge >= 0.3 is 5.91 Å². The van der Waals surface area contributed by atoms with Crippen LogP contribution in [0.25, 0.3) is 5.69 Å². The van der Waals surface area contributed by atoms with Crippen molar-refractivity contribution in [3.63, 3.8) is 0 Å². The van der Waals surface area contributed by atoms with Crippen LogP contribution in [-0.2, 0) is 10.0 Å². The van der Waals surface area contributed by atoms with Gasteiger partial charge in [-0.1, -0.05) is 23.7 Å². The van der Waals surface area contributed by atoms with Gasteiger partial charge in [-0.3, -0.25) is 4.79 Å². The van der Waals surface area contributed by atoms with Gasteiger partial charge in [0.15, 0.2) is 0 Å². The highest BCUT2D eigenvalue weighted by molar-refractivity contribution is 7.89. The molecule has 0 radical (unpaired) electrons. The summed E-state index contributed by atoms with van der Waals surface area (Å²) in [5, 5.41) is 4.41. The summed E-state index contributed by atoms with van der Waals surface area (Å²) in [5.74, 6) is -0.717. The second-order valence-corrected chi connectivity index (χ2v) is 6.20. The number of hydrogen-bond acceptors (Lipinski definition) is 5. The number of rotatable bonds is 3. The Balaban J connectivity index is 2.41. The molecule has 0 saturated carbocycles. The molecule has 1 aromatic carbocycles. The Bertz CT molecular complexity index is 770. The lowest BCUT2D eigenvalue weighted by Gasteiger charge is -2.04. The molecule has 0 aliphatic rings. The molecule has 1 amide bonds. The number of hydrogen-bond donors (Lipinski definition) is 1. The predicted octanol–water partition coefficient (Wildman–Crippen LogP) is 0.919. The first kappa shape index (κ1) is 14.5. The number of benzene rings is 1. The third-order valence-corrected chi connectivity index (χ3v) is 3.21. The number of sulfonamides is 1. The third kappa shape index (κ3) is 3.14. The number of aromatic nitrogens is 3. The number of nitrogens with one attached hydrogen (secondary N) is 1. The van der Waals surface area contributed by atoms with Gasteiger partial charge in [0, 0.05) is 0 Å². The highest BCUT2D eigenvalue weighted by Crippen LogP contribution is 2.20. The van der Waals surface area contributed by atoms with E-state index >= 15 is 0 Å². The molecule has 0 spiro atoms. The monoisotopic (exact) mass is 314 g/mol. The number of amides is 1. The predicted molar refractivity (Wildman–Crippen MR) is 73.4 cm³/mol. The SMILES string of the molecule is Cc1nc(C(=O)NS(C)(=O)=O)nn1-c1ccccc1Cl. The zero-order valence-electron chi connectivity index (χ0n) is 10.7. The Morgan fingerprint density at radius 3 is 2.60 bits per heavy atom. The number of para-hydroxylation sites is 1. The summed E-state index contributed by atoms with van der Waals surface area (Å²) in [6.07, 6.45) is 0.878. The normalized spacial score (nSPS) is 11.3. The van der Waals surface area contributed by atoms with Gasteiger partial charge in [0.2, 0.25) is 15.8 Å². The lowest BCUT2D eigenvalue weighted by molar-refractivity contribution is 0.0971.